The van der Waals surface area contributed by atoms with E-state index in [9.17, 15) is 9.59 Å². The molecule has 0 fully saturated rings. The van der Waals surface area contributed by atoms with E-state index in [1.54, 1.807) is 10.9 Å². The minimum Gasteiger partial charge on any atom is -0.343 e. The number of aryl methyl sites for hydroxylation is 1. The van der Waals surface area contributed by atoms with E-state index in [0.29, 0.717) is 17.8 Å². The van der Waals surface area contributed by atoms with Gasteiger partial charge < -0.3 is 10.6 Å². The molecule has 30 heavy (non-hydrogen) atoms. The van der Waals surface area contributed by atoms with Gasteiger partial charge >= 0.3 is 0 Å². The third-order valence-corrected chi connectivity index (χ3v) is 5.79. The summed E-state index contributed by atoms with van der Waals surface area (Å²) in [5.74, 6) is 0.545. The van der Waals surface area contributed by atoms with E-state index in [1.165, 1.54) is 0 Å². The van der Waals surface area contributed by atoms with E-state index in [4.69, 9.17) is 0 Å². The van der Waals surface area contributed by atoms with Crippen molar-refractivity contribution in [2.24, 2.45) is 0 Å². The molecule has 0 radical (unpaired) electrons. The summed E-state index contributed by atoms with van der Waals surface area (Å²) < 4.78 is 1.77. The lowest BCUT2D eigenvalue weighted by atomic mass is 9.85. The zero-order chi connectivity index (χ0) is 20.7. The van der Waals surface area contributed by atoms with Crippen LogP contribution in [0.3, 0.4) is 0 Å². The average Bonchev–Trinajstić information content (AvgIpc) is 3.18. The van der Waals surface area contributed by atoms with Crippen molar-refractivity contribution in [3.63, 3.8) is 0 Å². The Bertz CT molecular complexity index is 1180. The Morgan fingerprint density at radius 3 is 2.67 bits per heavy atom. The molecule has 5 rings (SSSR count). The third kappa shape index (κ3) is 3.01. The first-order chi connectivity index (χ1) is 14.6. The highest BCUT2D eigenvalue weighted by molar-refractivity contribution is 6.08. The largest absolute Gasteiger partial charge is 0.343 e. The first kappa shape index (κ1) is 18.4. The van der Waals surface area contributed by atoms with Gasteiger partial charge in [-0.3, -0.25) is 9.59 Å². The molecule has 0 saturated heterocycles. The maximum Gasteiger partial charge on any atom is 0.261 e. The van der Waals surface area contributed by atoms with Crippen LogP contribution in [0, 0.1) is 6.92 Å². The number of aromatic nitrogens is 2. The number of para-hydroxylation sites is 1. The number of carbonyl (C=O) groups excluding carboxylic acids is 2. The SMILES string of the molecule is Cc1ccccc1NC(=O)c1cnn2c1NC1=C(C(=O)CCC1)C2c1ccccc1. The van der Waals surface area contributed by atoms with Gasteiger partial charge in [0.1, 0.15) is 17.4 Å². The maximum absolute atomic E-state index is 13.1. The maximum atomic E-state index is 13.1. The van der Waals surface area contributed by atoms with E-state index >= 15 is 0 Å². The van der Waals surface area contributed by atoms with Gasteiger partial charge in [0.2, 0.25) is 0 Å². The van der Waals surface area contributed by atoms with Crippen LogP contribution in [0.15, 0.2) is 72.1 Å². The first-order valence-electron chi connectivity index (χ1n) is 10.2. The van der Waals surface area contributed by atoms with Gasteiger partial charge in [0.15, 0.2) is 5.78 Å². The molecular weight excluding hydrogens is 376 g/mol. The van der Waals surface area contributed by atoms with E-state index < -0.39 is 0 Å². The number of rotatable bonds is 3. The molecule has 0 saturated carbocycles. The van der Waals surface area contributed by atoms with Crippen molar-refractivity contribution in [1.29, 1.82) is 0 Å². The van der Waals surface area contributed by atoms with Gasteiger partial charge in [0.25, 0.3) is 5.91 Å². The Kier molecular flexibility index (Phi) is 4.47. The third-order valence-electron chi connectivity index (χ3n) is 5.79. The monoisotopic (exact) mass is 398 g/mol. The number of carbonyl (C=O) groups is 2. The molecule has 1 aromatic heterocycles. The van der Waals surface area contributed by atoms with Gasteiger partial charge in [0, 0.05) is 23.4 Å². The molecule has 0 bridgehead atoms. The number of ketones is 1. The molecule has 2 aromatic carbocycles. The van der Waals surface area contributed by atoms with E-state index in [-0.39, 0.29) is 17.7 Å². The van der Waals surface area contributed by atoms with Crippen LogP contribution in [-0.4, -0.2) is 21.5 Å². The number of nitrogens with one attached hydrogen (secondary N) is 2. The molecule has 150 valence electrons. The second kappa shape index (κ2) is 7.30. The molecule has 2 heterocycles. The minimum absolute atomic E-state index is 0.143. The van der Waals surface area contributed by atoms with Crippen LogP contribution in [0.4, 0.5) is 11.5 Å². The normalized spacial score (nSPS) is 17.8. The Morgan fingerprint density at radius 2 is 1.87 bits per heavy atom. The van der Waals surface area contributed by atoms with E-state index in [2.05, 4.69) is 15.7 Å². The molecule has 1 amide bonds. The molecule has 2 N–H and O–H groups in total. The highest BCUT2D eigenvalue weighted by Crippen LogP contribution is 2.41. The number of fused-ring (bicyclic) bond motifs is 1. The van der Waals surface area contributed by atoms with Crippen LogP contribution < -0.4 is 10.6 Å². The van der Waals surface area contributed by atoms with Crippen LogP contribution in [-0.2, 0) is 4.79 Å². The topological polar surface area (TPSA) is 76.0 Å². The van der Waals surface area contributed by atoms with Crippen LogP contribution in [0.25, 0.3) is 0 Å². The summed E-state index contributed by atoms with van der Waals surface area (Å²) in [6.07, 6.45) is 3.72. The summed E-state index contributed by atoms with van der Waals surface area (Å²) >= 11 is 0. The molecule has 0 spiro atoms. The molecule has 3 aromatic rings. The van der Waals surface area contributed by atoms with Crippen LogP contribution in [0.2, 0.25) is 0 Å². The highest BCUT2D eigenvalue weighted by Gasteiger charge is 2.37. The average molecular weight is 398 g/mol. The Hall–Kier alpha value is -3.67. The number of benzene rings is 2. The fourth-order valence-corrected chi connectivity index (χ4v) is 4.27. The van der Waals surface area contributed by atoms with Crippen molar-refractivity contribution in [1.82, 2.24) is 9.78 Å². The summed E-state index contributed by atoms with van der Waals surface area (Å²) in [6.45, 7) is 1.96. The summed E-state index contributed by atoms with van der Waals surface area (Å²) in [5.41, 5.74) is 4.86. The van der Waals surface area contributed by atoms with E-state index in [1.807, 2.05) is 61.5 Å². The Morgan fingerprint density at radius 1 is 1.10 bits per heavy atom. The van der Waals surface area contributed by atoms with Crippen molar-refractivity contribution in [3.8, 4) is 0 Å². The van der Waals surface area contributed by atoms with Crippen molar-refractivity contribution < 1.29 is 9.59 Å². The standard InChI is InChI=1S/C24H22N4O2/c1-15-8-5-6-11-18(15)27-24(30)17-14-25-28-22(16-9-3-2-4-10-16)21-19(26-23(17)28)12-7-13-20(21)29/h2-6,8-11,14,22,26H,7,12-13H2,1H3,(H,27,30). The predicted molar refractivity (Wildman–Crippen MR) is 115 cm³/mol. The molecule has 1 unspecified atom stereocenters. The Balaban J connectivity index is 1.58. The zero-order valence-electron chi connectivity index (χ0n) is 16.7. The number of hydrogen-bond donors (Lipinski definition) is 2. The number of Topliss-reactive ketones (excluding diaryl/α,β-unsaturated/α-hetero) is 1. The van der Waals surface area contributed by atoms with Crippen molar-refractivity contribution >= 4 is 23.2 Å². The molecular formula is C24H22N4O2. The van der Waals surface area contributed by atoms with Gasteiger partial charge in [-0.15, -0.1) is 0 Å². The Labute approximate surface area is 174 Å². The first-order valence-corrected chi connectivity index (χ1v) is 10.2. The summed E-state index contributed by atoms with van der Waals surface area (Å²) in [5, 5.41) is 10.9. The minimum atomic E-state index is -0.328. The molecule has 1 aliphatic carbocycles. The second-order valence-electron chi connectivity index (χ2n) is 7.73. The van der Waals surface area contributed by atoms with Crippen LogP contribution in [0.5, 0.6) is 0 Å². The fraction of sp³-hybridized carbons (Fsp3) is 0.208. The summed E-state index contributed by atoms with van der Waals surface area (Å²) in [7, 11) is 0. The summed E-state index contributed by atoms with van der Waals surface area (Å²) in [4.78, 5) is 25.9. The molecule has 2 aliphatic rings. The lowest BCUT2D eigenvalue weighted by Gasteiger charge is -2.33. The number of allylic oxidation sites excluding steroid dienone is 2. The van der Waals surface area contributed by atoms with E-state index in [0.717, 1.165) is 40.9 Å². The van der Waals surface area contributed by atoms with Crippen LogP contribution in [0.1, 0.15) is 46.8 Å². The number of anilines is 2. The van der Waals surface area contributed by atoms with Gasteiger partial charge in [-0.25, -0.2) is 4.68 Å². The fourth-order valence-electron chi connectivity index (χ4n) is 4.27. The smallest absolute Gasteiger partial charge is 0.261 e. The highest BCUT2D eigenvalue weighted by atomic mass is 16.1. The van der Waals surface area contributed by atoms with Crippen molar-refractivity contribution in [2.75, 3.05) is 10.6 Å². The second-order valence-corrected chi connectivity index (χ2v) is 7.73. The lowest BCUT2D eigenvalue weighted by Crippen LogP contribution is -2.32. The van der Waals surface area contributed by atoms with Gasteiger partial charge in [-0.2, -0.15) is 5.10 Å². The molecule has 1 aliphatic heterocycles. The number of hydrogen-bond acceptors (Lipinski definition) is 4. The van der Waals surface area contributed by atoms with Crippen molar-refractivity contribution in [2.45, 2.75) is 32.2 Å². The predicted octanol–water partition coefficient (Wildman–Crippen LogP) is 4.47. The van der Waals surface area contributed by atoms with Gasteiger partial charge in [-0.05, 0) is 37.0 Å². The number of amides is 1. The lowest BCUT2D eigenvalue weighted by molar-refractivity contribution is -0.116. The van der Waals surface area contributed by atoms with Crippen molar-refractivity contribution in [3.05, 3.63) is 88.8 Å². The number of nitrogens with zero attached hydrogens (tertiary/aromatic N) is 2. The molecule has 6 nitrogen and oxygen atoms in total. The summed E-state index contributed by atoms with van der Waals surface area (Å²) in [6, 6.07) is 17.2. The quantitative estimate of drug-likeness (QED) is 0.683. The van der Waals surface area contributed by atoms with Gasteiger partial charge in [0.05, 0.1) is 6.20 Å². The zero-order valence-corrected chi connectivity index (χ0v) is 16.7. The van der Waals surface area contributed by atoms with Crippen LogP contribution >= 0.6 is 0 Å². The molecule has 6 heteroatoms. The van der Waals surface area contributed by atoms with Gasteiger partial charge in [-0.1, -0.05) is 48.5 Å². The molecule has 1 atom stereocenters.